The Labute approximate surface area is 142 Å². The number of nitro benzene ring substituents is 1. The third-order valence-electron chi connectivity index (χ3n) is 3.73. The van der Waals surface area contributed by atoms with Gasteiger partial charge in [0.1, 0.15) is 5.69 Å². The molecule has 0 aliphatic carbocycles. The lowest BCUT2D eigenvalue weighted by atomic mass is 10.1. The number of carbonyl (C=O) groups is 1. The maximum atomic E-state index is 12.1. The summed E-state index contributed by atoms with van der Waals surface area (Å²) in [6, 6.07) is 13.3. The normalized spacial score (nSPS) is 10.6. The number of anilines is 1. The van der Waals surface area contributed by atoms with Gasteiger partial charge in [0, 0.05) is 19.5 Å². The summed E-state index contributed by atoms with van der Waals surface area (Å²) in [5.41, 5.74) is 0.0830. The molecule has 0 saturated heterocycles. The van der Waals surface area contributed by atoms with Gasteiger partial charge in [-0.3, -0.25) is 19.7 Å². The molecule has 0 fully saturated rings. The van der Waals surface area contributed by atoms with Crippen LogP contribution in [0.4, 0.5) is 11.4 Å². The molecule has 0 aliphatic heterocycles. The quantitative estimate of drug-likeness (QED) is 0.434. The molecule has 1 aromatic heterocycles. The van der Waals surface area contributed by atoms with Crippen LogP contribution in [0, 0.1) is 10.1 Å². The minimum Gasteiger partial charge on any atom is -0.445 e. The number of hydrogen-bond acceptors (Lipinski definition) is 6. The van der Waals surface area contributed by atoms with Crippen LogP contribution in [-0.4, -0.2) is 10.7 Å². The standard InChI is InChI=1S/C18H14N2O5/c1-11(21)16-9-15(22)13-7-8-14(17(20(23)24)18(13)25-16)19-10-12-5-3-2-4-6-12/h2-9,19H,10H2,1H3. The van der Waals surface area contributed by atoms with E-state index in [-0.39, 0.29) is 28.1 Å². The number of nitrogens with one attached hydrogen (secondary N) is 1. The molecule has 0 radical (unpaired) electrons. The summed E-state index contributed by atoms with van der Waals surface area (Å²) in [7, 11) is 0. The number of rotatable bonds is 5. The predicted molar refractivity (Wildman–Crippen MR) is 92.9 cm³/mol. The van der Waals surface area contributed by atoms with E-state index in [0.29, 0.717) is 6.54 Å². The van der Waals surface area contributed by atoms with Crippen LogP contribution >= 0.6 is 0 Å². The molecule has 3 aromatic rings. The number of fused-ring (bicyclic) bond motifs is 1. The zero-order valence-electron chi connectivity index (χ0n) is 13.3. The van der Waals surface area contributed by atoms with E-state index in [1.807, 2.05) is 30.3 Å². The fourth-order valence-electron chi connectivity index (χ4n) is 2.50. The van der Waals surface area contributed by atoms with E-state index >= 15 is 0 Å². The molecule has 7 nitrogen and oxygen atoms in total. The summed E-state index contributed by atoms with van der Waals surface area (Å²) < 4.78 is 5.36. The van der Waals surface area contributed by atoms with Crippen molar-refractivity contribution in [2.45, 2.75) is 13.5 Å². The van der Waals surface area contributed by atoms with Crippen molar-refractivity contribution in [3.05, 3.63) is 80.2 Å². The third-order valence-corrected chi connectivity index (χ3v) is 3.73. The number of Topliss-reactive ketones (excluding diaryl/α,β-unsaturated/α-hetero) is 1. The molecule has 7 heteroatoms. The second-order valence-corrected chi connectivity index (χ2v) is 5.47. The lowest BCUT2D eigenvalue weighted by Crippen LogP contribution is -2.08. The van der Waals surface area contributed by atoms with Crippen LogP contribution in [0.2, 0.25) is 0 Å². The zero-order valence-corrected chi connectivity index (χ0v) is 13.3. The lowest BCUT2D eigenvalue weighted by Gasteiger charge is -2.09. The fourth-order valence-corrected chi connectivity index (χ4v) is 2.50. The summed E-state index contributed by atoms with van der Waals surface area (Å²) in [4.78, 5) is 34.5. The first-order valence-corrected chi connectivity index (χ1v) is 7.51. The third kappa shape index (κ3) is 3.25. The number of nitrogens with zero attached hydrogens (tertiary/aromatic N) is 1. The van der Waals surface area contributed by atoms with Crippen LogP contribution in [0.25, 0.3) is 11.0 Å². The average molecular weight is 338 g/mol. The van der Waals surface area contributed by atoms with Crippen molar-refractivity contribution in [2.24, 2.45) is 0 Å². The number of nitro groups is 1. The van der Waals surface area contributed by atoms with E-state index in [1.54, 1.807) is 0 Å². The number of ketones is 1. The van der Waals surface area contributed by atoms with Crippen molar-refractivity contribution in [3.63, 3.8) is 0 Å². The average Bonchev–Trinajstić information content (AvgIpc) is 2.59. The Hall–Kier alpha value is -3.48. The van der Waals surface area contributed by atoms with Crippen LogP contribution in [0.15, 0.2) is 57.7 Å². The van der Waals surface area contributed by atoms with Gasteiger partial charge >= 0.3 is 5.69 Å². The van der Waals surface area contributed by atoms with Crippen LogP contribution in [0.3, 0.4) is 0 Å². The molecule has 0 aliphatic rings. The second-order valence-electron chi connectivity index (χ2n) is 5.47. The van der Waals surface area contributed by atoms with Gasteiger partial charge in [-0.25, -0.2) is 0 Å². The summed E-state index contributed by atoms with van der Waals surface area (Å²) in [6.45, 7) is 1.59. The molecule has 2 aromatic carbocycles. The Kier molecular flexibility index (Phi) is 4.30. The molecule has 0 spiro atoms. The molecule has 0 saturated carbocycles. The van der Waals surface area contributed by atoms with Crippen molar-refractivity contribution >= 4 is 28.1 Å². The second kappa shape index (κ2) is 6.56. The van der Waals surface area contributed by atoms with Crippen LogP contribution in [0.5, 0.6) is 0 Å². The van der Waals surface area contributed by atoms with E-state index in [2.05, 4.69) is 5.32 Å². The van der Waals surface area contributed by atoms with Crippen molar-refractivity contribution in [1.29, 1.82) is 0 Å². The van der Waals surface area contributed by atoms with Gasteiger partial charge in [0.25, 0.3) is 0 Å². The first-order chi connectivity index (χ1) is 12.0. The van der Waals surface area contributed by atoms with Crippen molar-refractivity contribution in [1.82, 2.24) is 0 Å². The van der Waals surface area contributed by atoms with Crippen molar-refractivity contribution in [3.8, 4) is 0 Å². The number of carbonyl (C=O) groups excluding carboxylic acids is 1. The summed E-state index contributed by atoms with van der Waals surface area (Å²) in [6.07, 6.45) is 0. The first kappa shape index (κ1) is 16.4. The van der Waals surface area contributed by atoms with Crippen molar-refractivity contribution in [2.75, 3.05) is 5.32 Å². The molecule has 0 amide bonds. The maximum Gasteiger partial charge on any atom is 0.335 e. The smallest absolute Gasteiger partial charge is 0.335 e. The van der Waals surface area contributed by atoms with Gasteiger partial charge in [-0.15, -0.1) is 0 Å². The molecule has 25 heavy (non-hydrogen) atoms. The summed E-state index contributed by atoms with van der Waals surface area (Å²) in [5.74, 6) is -0.684. The molecule has 1 N–H and O–H groups in total. The van der Waals surface area contributed by atoms with Gasteiger partial charge < -0.3 is 9.73 Å². The molecule has 126 valence electrons. The summed E-state index contributed by atoms with van der Waals surface area (Å²) >= 11 is 0. The van der Waals surface area contributed by atoms with E-state index in [9.17, 15) is 19.7 Å². The van der Waals surface area contributed by atoms with Gasteiger partial charge in [0.2, 0.25) is 5.58 Å². The van der Waals surface area contributed by atoms with E-state index in [1.165, 1.54) is 19.1 Å². The van der Waals surface area contributed by atoms with E-state index in [4.69, 9.17) is 4.42 Å². The Morgan fingerprint density at radius 2 is 1.92 bits per heavy atom. The van der Waals surface area contributed by atoms with Gasteiger partial charge in [-0.2, -0.15) is 0 Å². The Bertz CT molecular complexity index is 1020. The minimum absolute atomic E-state index is 0.0574. The minimum atomic E-state index is -0.623. The fraction of sp³-hybridized carbons (Fsp3) is 0.111. The van der Waals surface area contributed by atoms with E-state index in [0.717, 1.165) is 11.6 Å². The molecular weight excluding hydrogens is 324 g/mol. The van der Waals surface area contributed by atoms with Crippen LogP contribution in [-0.2, 0) is 6.54 Å². The van der Waals surface area contributed by atoms with Gasteiger partial charge in [0.15, 0.2) is 17.0 Å². The molecule has 3 rings (SSSR count). The molecular formula is C18H14N2O5. The molecule has 1 heterocycles. The number of hydrogen-bond donors (Lipinski definition) is 1. The monoisotopic (exact) mass is 338 g/mol. The highest BCUT2D eigenvalue weighted by Crippen LogP contribution is 2.33. The topological polar surface area (TPSA) is 102 Å². The van der Waals surface area contributed by atoms with E-state index < -0.39 is 16.1 Å². The lowest BCUT2D eigenvalue weighted by molar-refractivity contribution is -0.382. The Balaban J connectivity index is 2.12. The number of benzene rings is 2. The van der Waals surface area contributed by atoms with Gasteiger partial charge in [-0.05, 0) is 17.7 Å². The highest BCUT2D eigenvalue weighted by atomic mass is 16.6. The molecule has 0 unspecified atom stereocenters. The highest BCUT2D eigenvalue weighted by molar-refractivity contribution is 5.96. The summed E-state index contributed by atoms with van der Waals surface area (Å²) in [5, 5.41) is 14.6. The maximum absolute atomic E-state index is 12.1. The Morgan fingerprint density at radius 3 is 2.56 bits per heavy atom. The zero-order chi connectivity index (χ0) is 18.0. The first-order valence-electron chi connectivity index (χ1n) is 7.51. The molecule has 0 bridgehead atoms. The van der Waals surface area contributed by atoms with Crippen LogP contribution in [0.1, 0.15) is 23.0 Å². The highest BCUT2D eigenvalue weighted by Gasteiger charge is 2.23. The van der Waals surface area contributed by atoms with Gasteiger partial charge in [0.05, 0.1) is 10.3 Å². The Morgan fingerprint density at radius 1 is 1.20 bits per heavy atom. The van der Waals surface area contributed by atoms with Gasteiger partial charge in [-0.1, -0.05) is 30.3 Å². The van der Waals surface area contributed by atoms with Crippen molar-refractivity contribution < 1.29 is 14.1 Å². The van der Waals surface area contributed by atoms with Crippen LogP contribution < -0.4 is 10.7 Å². The predicted octanol–water partition coefficient (Wildman–Crippen LogP) is 3.52. The SMILES string of the molecule is CC(=O)c1cc(=O)c2ccc(NCc3ccccc3)c([N+](=O)[O-])c2o1. The largest absolute Gasteiger partial charge is 0.445 e. The molecule has 0 atom stereocenters.